The van der Waals surface area contributed by atoms with Gasteiger partial charge in [-0.25, -0.2) is 0 Å². The second-order valence-electron chi connectivity index (χ2n) is 5.90. The molecule has 5 rings (SSSR count). The highest BCUT2D eigenvalue weighted by atomic mass is 32.2. The minimum absolute atomic E-state index is 0.283. The van der Waals surface area contributed by atoms with Gasteiger partial charge >= 0.3 is 0 Å². The minimum Gasteiger partial charge on any atom is -0.454 e. The van der Waals surface area contributed by atoms with Crippen LogP contribution in [0.4, 0.5) is 0 Å². The number of nitrogens with one attached hydrogen (secondary N) is 1. The van der Waals surface area contributed by atoms with Gasteiger partial charge in [-0.3, -0.25) is 10.4 Å². The molecule has 0 radical (unpaired) electrons. The lowest BCUT2D eigenvalue weighted by molar-refractivity contribution is 0.174. The Morgan fingerprint density at radius 3 is 2.83 bits per heavy atom. The molecule has 120 valence electrons. The first-order chi connectivity index (χ1) is 11.8. The van der Waals surface area contributed by atoms with Crippen LogP contribution in [-0.2, 0) is 0 Å². The Labute approximate surface area is 143 Å². The lowest BCUT2D eigenvalue weighted by Crippen LogP contribution is -2.42. The lowest BCUT2D eigenvalue weighted by Gasteiger charge is -2.34. The van der Waals surface area contributed by atoms with Crippen LogP contribution in [-0.4, -0.2) is 35.8 Å². The molecule has 0 bridgehead atoms. The van der Waals surface area contributed by atoms with Crippen LogP contribution in [0.15, 0.2) is 46.3 Å². The number of aliphatic imine (C=N–C) groups is 1. The molecule has 24 heavy (non-hydrogen) atoms. The van der Waals surface area contributed by atoms with Gasteiger partial charge in [0.2, 0.25) is 6.79 Å². The largest absolute Gasteiger partial charge is 0.454 e. The van der Waals surface area contributed by atoms with E-state index >= 15 is 0 Å². The number of benzene rings is 2. The van der Waals surface area contributed by atoms with Crippen LogP contribution in [0, 0.1) is 5.41 Å². The number of hydrogen-bond donors (Lipinski definition) is 1. The average Bonchev–Trinajstić information content (AvgIpc) is 3.09. The van der Waals surface area contributed by atoms with Gasteiger partial charge in [-0.05, 0) is 41.8 Å². The molecular weight excluding hydrogens is 322 g/mol. The van der Waals surface area contributed by atoms with Crippen molar-refractivity contribution in [3.63, 3.8) is 0 Å². The molecular formula is C18H15N3O2S. The Morgan fingerprint density at radius 1 is 1.04 bits per heavy atom. The van der Waals surface area contributed by atoms with Crippen LogP contribution in [0.5, 0.6) is 11.5 Å². The van der Waals surface area contributed by atoms with Crippen LogP contribution in [0.1, 0.15) is 12.0 Å². The molecule has 3 aliphatic rings. The maximum Gasteiger partial charge on any atom is 0.231 e. The Balaban J connectivity index is 1.58. The summed E-state index contributed by atoms with van der Waals surface area (Å²) < 4.78 is 10.9. The predicted octanol–water partition coefficient (Wildman–Crippen LogP) is 3.58. The summed E-state index contributed by atoms with van der Waals surface area (Å²) in [6.45, 7) is 2.01. The normalized spacial score (nSPS) is 18.1. The highest BCUT2D eigenvalue weighted by Crippen LogP contribution is 2.39. The van der Waals surface area contributed by atoms with E-state index in [9.17, 15) is 0 Å². The van der Waals surface area contributed by atoms with E-state index in [0.29, 0.717) is 5.17 Å². The van der Waals surface area contributed by atoms with Gasteiger partial charge in [0, 0.05) is 23.5 Å². The molecule has 0 spiro atoms. The number of ether oxygens (including phenoxy) is 2. The van der Waals surface area contributed by atoms with Gasteiger partial charge in [-0.15, -0.1) is 0 Å². The zero-order valence-corrected chi connectivity index (χ0v) is 13.7. The van der Waals surface area contributed by atoms with Crippen molar-refractivity contribution < 1.29 is 9.47 Å². The van der Waals surface area contributed by atoms with Gasteiger partial charge < -0.3 is 14.4 Å². The van der Waals surface area contributed by atoms with Crippen LogP contribution < -0.4 is 9.47 Å². The maximum absolute atomic E-state index is 8.29. The Kier molecular flexibility index (Phi) is 3.06. The van der Waals surface area contributed by atoms with Crippen LogP contribution in [0.2, 0.25) is 0 Å². The third-order valence-electron chi connectivity index (χ3n) is 4.44. The van der Waals surface area contributed by atoms with Crippen molar-refractivity contribution in [3.05, 3.63) is 42.0 Å². The number of hydrogen-bond acceptors (Lipinski definition) is 5. The number of fused-ring (bicyclic) bond motifs is 4. The van der Waals surface area contributed by atoms with Gasteiger partial charge in [0.1, 0.15) is 5.84 Å². The third kappa shape index (κ3) is 2.10. The number of nitrogens with zero attached hydrogens (tertiary/aromatic N) is 2. The van der Waals surface area contributed by atoms with Crippen molar-refractivity contribution in [2.75, 3.05) is 19.9 Å². The van der Waals surface area contributed by atoms with Gasteiger partial charge in [-0.2, -0.15) is 0 Å². The molecule has 0 amide bonds. The molecule has 5 nitrogen and oxygen atoms in total. The number of amidine groups is 2. The average molecular weight is 337 g/mol. The van der Waals surface area contributed by atoms with Gasteiger partial charge in [0.05, 0.1) is 0 Å². The first-order valence-corrected chi connectivity index (χ1v) is 8.74. The van der Waals surface area contributed by atoms with E-state index in [2.05, 4.69) is 23.2 Å². The SMILES string of the molecule is N=C1Sc2cc(-c3ccc4c(c3)OCO4)ccc2C2=NCCCN12. The van der Waals surface area contributed by atoms with Crippen LogP contribution in [0.3, 0.4) is 0 Å². The van der Waals surface area contributed by atoms with E-state index < -0.39 is 0 Å². The molecule has 1 N–H and O–H groups in total. The van der Waals surface area contributed by atoms with Crippen molar-refractivity contribution in [2.24, 2.45) is 4.99 Å². The summed E-state index contributed by atoms with van der Waals surface area (Å²) in [6.07, 6.45) is 1.01. The Morgan fingerprint density at radius 2 is 1.88 bits per heavy atom. The predicted molar refractivity (Wildman–Crippen MR) is 94.3 cm³/mol. The smallest absolute Gasteiger partial charge is 0.231 e. The molecule has 2 aromatic carbocycles. The van der Waals surface area contributed by atoms with E-state index in [4.69, 9.17) is 14.9 Å². The van der Waals surface area contributed by atoms with Crippen molar-refractivity contribution in [2.45, 2.75) is 11.3 Å². The zero-order chi connectivity index (χ0) is 16.1. The quantitative estimate of drug-likeness (QED) is 0.864. The summed E-state index contributed by atoms with van der Waals surface area (Å²) in [7, 11) is 0. The monoisotopic (exact) mass is 337 g/mol. The van der Waals surface area contributed by atoms with E-state index in [1.807, 2.05) is 23.1 Å². The van der Waals surface area contributed by atoms with Crippen LogP contribution in [0.25, 0.3) is 11.1 Å². The summed E-state index contributed by atoms with van der Waals surface area (Å²) in [4.78, 5) is 7.75. The fourth-order valence-electron chi connectivity index (χ4n) is 3.24. The third-order valence-corrected chi connectivity index (χ3v) is 5.41. The topological polar surface area (TPSA) is 57.9 Å². The highest BCUT2D eigenvalue weighted by Gasteiger charge is 2.29. The molecule has 0 saturated carbocycles. The Hall–Kier alpha value is -2.47. The fourth-order valence-corrected chi connectivity index (χ4v) is 4.19. The summed E-state index contributed by atoms with van der Waals surface area (Å²) >= 11 is 1.50. The van der Waals surface area contributed by atoms with Crippen molar-refractivity contribution in [1.29, 1.82) is 5.41 Å². The summed E-state index contributed by atoms with van der Waals surface area (Å²) in [6, 6.07) is 12.4. The van der Waals surface area contributed by atoms with Crippen molar-refractivity contribution in [3.8, 4) is 22.6 Å². The van der Waals surface area contributed by atoms with Gasteiger partial charge in [-0.1, -0.05) is 23.9 Å². The van der Waals surface area contributed by atoms with Crippen LogP contribution >= 0.6 is 11.8 Å². The van der Waals surface area contributed by atoms with Gasteiger partial charge in [0.25, 0.3) is 0 Å². The highest BCUT2D eigenvalue weighted by molar-refractivity contribution is 8.14. The minimum atomic E-state index is 0.283. The first-order valence-electron chi connectivity index (χ1n) is 7.92. The Bertz CT molecular complexity index is 894. The second kappa shape index (κ2) is 5.27. The summed E-state index contributed by atoms with van der Waals surface area (Å²) in [5.41, 5.74) is 3.32. The molecule has 0 unspecified atom stereocenters. The molecule has 3 heterocycles. The molecule has 0 saturated heterocycles. The summed E-state index contributed by atoms with van der Waals surface area (Å²) in [5.74, 6) is 2.52. The molecule has 0 fully saturated rings. The van der Waals surface area contributed by atoms with E-state index in [-0.39, 0.29) is 6.79 Å². The molecule has 0 aromatic heterocycles. The first kappa shape index (κ1) is 13.9. The maximum atomic E-state index is 8.29. The number of rotatable bonds is 1. The van der Waals surface area contributed by atoms with Gasteiger partial charge in [0.15, 0.2) is 16.7 Å². The molecule has 6 heteroatoms. The molecule has 3 aliphatic heterocycles. The van der Waals surface area contributed by atoms with E-state index in [1.165, 1.54) is 11.8 Å². The van der Waals surface area contributed by atoms with E-state index in [1.54, 1.807) is 0 Å². The van der Waals surface area contributed by atoms with Crippen molar-refractivity contribution in [1.82, 2.24) is 4.90 Å². The molecule has 2 aromatic rings. The summed E-state index contributed by atoms with van der Waals surface area (Å²) in [5, 5.41) is 8.85. The molecule has 0 atom stereocenters. The number of thioether (sulfide) groups is 1. The van der Waals surface area contributed by atoms with Crippen molar-refractivity contribution >= 4 is 22.8 Å². The zero-order valence-electron chi connectivity index (χ0n) is 12.9. The lowest BCUT2D eigenvalue weighted by atomic mass is 10.0. The fraction of sp³-hybridized carbons (Fsp3) is 0.222. The molecule has 0 aliphatic carbocycles. The second-order valence-corrected chi connectivity index (χ2v) is 6.93. The standard InChI is InChI=1S/C18H15N3O2S/c19-18-21-7-1-6-20-17(21)13-4-2-12(9-16(13)24-18)11-3-5-14-15(8-11)23-10-22-14/h2-5,8-9,19H,1,6-7,10H2. The van der Waals surface area contributed by atoms with E-state index in [0.717, 1.165) is 58.4 Å².